The van der Waals surface area contributed by atoms with Crippen molar-refractivity contribution in [3.8, 4) is 5.75 Å². The molecule has 7 nitrogen and oxygen atoms in total. The first-order valence-electron chi connectivity index (χ1n) is 9.04. The van der Waals surface area contributed by atoms with E-state index in [4.69, 9.17) is 14.0 Å². The van der Waals surface area contributed by atoms with Gasteiger partial charge in [0.05, 0.1) is 23.9 Å². The van der Waals surface area contributed by atoms with Gasteiger partial charge < -0.3 is 19.3 Å². The van der Waals surface area contributed by atoms with E-state index in [1.807, 2.05) is 20.8 Å². The van der Waals surface area contributed by atoms with Gasteiger partial charge in [0.1, 0.15) is 18.1 Å². The van der Waals surface area contributed by atoms with Crippen LogP contribution in [-0.4, -0.2) is 24.1 Å². The van der Waals surface area contributed by atoms with Crippen molar-refractivity contribution in [2.24, 2.45) is 0 Å². The molecular weight excluding hydrogens is 372 g/mol. The van der Waals surface area contributed by atoms with Crippen LogP contribution in [0.25, 0.3) is 0 Å². The fourth-order valence-corrected chi connectivity index (χ4v) is 2.79. The number of aryl methyl sites for hydroxylation is 3. The summed E-state index contributed by atoms with van der Waals surface area (Å²) < 4.78 is 15.7. The quantitative estimate of drug-likeness (QED) is 0.630. The summed E-state index contributed by atoms with van der Waals surface area (Å²) in [5, 5.41) is 6.74. The molecule has 2 aromatic carbocycles. The highest BCUT2D eigenvalue weighted by atomic mass is 16.5. The Hall–Kier alpha value is -3.61. The molecule has 150 valence electrons. The maximum atomic E-state index is 12.7. The summed E-state index contributed by atoms with van der Waals surface area (Å²) in [5.74, 6) is 0.489. The second-order valence-corrected chi connectivity index (χ2v) is 6.59. The SMILES string of the molecule is COC(=O)c1ccc(C)c(NC(=O)c2cccc(OCc3c(C)noc3C)c2)c1. The van der Waals surface area contributed by atoms with Gasteiger partial charge in [0.25, 0.3) is 5.91 Å². The molecule has 1 aromatic heterocycles. The summed E-state index contributed by atoms with van der Waals surface area (Å²) in [4.78, 5) is 24.4. The number of nitrogens with one attached hydrogen (secondary N) is 1. The molecule has 1 amide bonds. The van der Waals surface area contributed by atoms with Gasteiger partial charge in [-0.15, -0.1) is 0 Å². The average molecular weight is 394 g/mol. The van der Waals surface area contributed by atoms with E-state index in [0.29, 0.717) is 34.9 Å². The highest BCUT2D eigenvalue weighted by Gasteiger charge is 2.13. The molecule has 0 radical (unpaired) electrons. The molecule has 3 aromatic rings. The molecule has 0 unspecified atom stereocenters. The van der Waals surface area contributed by atoms with Crippen LogP contribution in [0.4, 0.5) is 5.69 Å². The fourth-order valence-electron chi connectivity index (χ4n) is 2.79. The number of methoxy groups -OCH3 is 1. The van der Waals surface area contributed by atoms with Crippen molar-refractivity contribution in [3.63, 3.8) is 0 Å². The van der Waals surface area contributed by atoms with Crippen molar-refractivity contribution in [3.05, 3.63) is 76.2 Å². The lowest BCUT2D eigenvalue weighted by atomic mass is 10.1. The zero-order valence-electron chi connectivity index (χ0n) is 16.7. The van der Waals surface area contributed by atoms with Gasteiger partial charge in [-0.1, -0.05) is 17.3 Å². The Balaban J connectivity index is 1.74. The van der Waals surface area contributed by atoms with Crippen molar-refractivity contribution < 1.29 is 23.6 Å². The van der Waals surface area contributed by atoms with Gasteiger partial charge >= 0.3 is 5.97 Å². The highest BCUT2D eigenvalue weighted by molar-refractivity contribution is 6.05. The number of ether oxygens (including phenoxy) is 2. The van der Waals surface area contributed by atoms with Crippen LogP contribution < -0.4 is 10.1 Å². The minimum atomic E-state index is -0.463. The molecule has 7 heteroatoms. The molecular formula is C22H22N2O5. The first-order valence-corrected chi connectivity index (χ1v) is 9.04. The largest absolute Gasteiger partial charge is 0.489 e. The lowest BCUT2D eigenvalue weighted by Gasteiger charge is -2.11. The number of esters is 1. The van der Waals surface area contributed by atoms with Gasteiger partial charge in [-0.2, -0.15) is 0 Å². The molecule has 3 rings (SSSR count). The number of nitrogens with zero attached hydrogens (tertiary/aromatic N) is 1. The molecule has 0 aliphatic carbocycles. The Bertz CT molecular complexity index is 1040. The van der Waals surface area contributed by atoms with Gasteiger partial charge in [0.2, 0.25) is 0 Å². The number of hydrogen-bond donors (Lipinski definition) is 1. The molecule has 0 aliphatic heterocycles. The summed E-state index contributed by atoms with van der Waals surface area (Å²) in [6, 6.07) is 11.9. The first kappa shape index (κ1) is 20.1. The van der Waals surface area contributed by atoms with Crippen LogP contribution in [0.1, 0.15) is 43.3 Å². The van der Waals surface area contributed by atoms with Crippen LogP contribution in [0.2, 0.25) is 0 Å². The van der Waals surface area contributed by atoms with E-state index in [2.05, 4.69) is 10.5 Å². The van der Waals surface area contributed by atoms with Crippen LogP contribution >= 0.6 is 0 Å². The normalized spacial score (nSPS) is 10.5. The molecule has 0 aliphatic rings. The smallest absolute Gasteiger partial charge is 0.337 e. The van der Waals surface area contributed by atoms with E-state index in [1.165, 1.54) is 7.11 Å². The van der Waals surface area contributed by atoms with Crippen LogP contribution in [0.15, 0.2) is 47.0 Å². The summed E-state index contributed by atoms with van der Waals surface area (Å²) in [6.45, 7) is 5.82. The van der Waals surface area contributed by atoms with Gasteiger partial charge in [0.15, 0.2) is 0 Å². The zero-order chi connectivity index (χ0) is 21.0. The summed E-state index contributed by atoms with van der Waals surface area (Å²) >= 11 is 0. The Kier molecular flexibility index (Phi) is 5.97. The van der Waals surface area contributed by atoms with Crippen LogP contribution in [0, 0.1) is 20.8 Å². The second-order valence-electron chi connectivity index (χ2n) is 6.59. The fraction of sp³-hybridized carbons (Fsp3) is 0.227. The van der Waals surface area contributed by atoms with Gasteiger partial charge in [-0.25, -0.2) is 4.79 Å². The third-order valence-corrected chi connectivity index (χ3v) is 4.57. The number of hydrogen-bond acceptors (Lipinski definition) is 6. The molecule has 1 N–H and O–H groups in total. The van der Waals surface area contributed by atoms with Crippen molar-refractivity contribution in [1.82, 2.24) is 5.16 Å². The third kappa shape index (κ3) is 4.63. The summed E-state index contributed by atoms with van der Waals surface area (Å²) in [7, 11) is 1.31. The predicted molar refractivity (Wildman–Crippen MR) is 107 cm³/mol. The Labute approximate surface area is 168 Å². The van der Waals surface area contributed by atoms with Gasteiger partial charge in [-0.3, -0.25) is 4.79 Å². The maximum absolute atomic E-state index is 12.7. The molecule has 29 heavy (non-hydrogen) atoms. The van der Waals surface area contributed by atoms with Gasteiger partial charge in [0, 0.05) is 11.3 Å². The average Bonchev–Trinajstić information content (AvgIpc) is 3.05. The minimum Gasteiger partial charge on any atom is -0.489 e. The van der Waals surface area contributed by atoms with Crippen molar-refractivity contribution in [2.45, 2.75) is 27.4 Å². The first-order chi connectivity index (χ1) is 13.9. The number of carbonyl (C=O) groups excluding carboxylic acids is 2. The number of amides is 1. The number of aromatic nitrogens is 1. The Morgan fingerprint density at radius 3 is 2.55 bits per heavy atom. The Morgan fingerprint density at radius 1 is 1.07 bits per heavy atom. The lowest BCUT2D eigenvalue weighted by Crippen LogP contribution is -2.14. The van der Waals surface area contributed by atoms with Crippen LogP contribution in [-0.2, 0) is 11.3 Å². The molecule has 0 spiro atoms. The van der Waals surface area contributed by atoms with E-state index in [0.717, 1.165) is 16.8 Å². The summed E-state index contributed by atoms with van der Waals surface area (Å²) in [5.41, 5.74) is 3.83. The molecule has 0 fully saturated rings. The number of benzene rings is 2. The Morgan fingerprint density at radius 2 is 1.86 bits per heavy atom. The van der Waals surface area contributed by atoms with E-state index >= 15 is 0 Å². The molecule has 0 saturated carbocycles. The van der Waals surface area contributed by atoms with E-state index in [9.17, 15) is 9.59 Å². The van der Waals surface area contributed by atoms with E-state index < -0.39 is 5.97 Å². The van der Waals surface area contributed by atoms with E-state index in [1.54, 1.807) is 42.5 Å². The van der Waals surface area contributed by atoms with Crippen LogP contribution in [0.3, 0.4) is 0 Å². The second kappa shape index (κ2) is 8.60. The zero-order valence-corrected chi connectivity index (χ0v) is 16.7. The molecule has 1 heterocycles. The number of carbonyl (C=O) groups is 2. The minimum absolute atomic E-state index is 0.298. The molecule has 0 atom stereocenters. The maximum Gasteiger partial charge on any atom is 0.337 e. The number of rotatable bonds is 6. The monoisotopic (exact) mass is 394 g/mol. The van der Waals surface area contributed by atoms with Crippen molar-refractivity contribution >= 4 is 17.6 Å². The van der Waals surface area contributed by atoms with Crippen LogP contribution in [0.5, 0.6) is 5.75 Å². The predicted octanol–water partition coefficient (Wildman–Crippen LogP) is 4.22. The standard InChI is InChI=1S/C22H22N2O5/c1-13-8-9-17(22(26)27-4)11-20(13)23-21(25)16-6-5-7-18(10-16)28-12-19-14(2)24-29-15(19)3/h5-11H,12H2,1-4H3,(H,23,25). The summed E-state index contributed by atoms with van der Waals surface area (Å²) in [6.07, 6.45) is 0. The topological polar surface area (TPSA) is 90.7 Å². The third-order valence-electron chi connectivity index (χ3n) is 4.57. The molecule has 0 bridgehead atoms. The lowest BCUT2D eigenvalue weighted by molar-refractivity contribution is 0.0600. The van der Waals surface area contributed by atoms with Gasteiger partial charge in [-0.05, 0) is 56.7 Å². The number of anilines is 1. The van der Waals surface area contributed by atoms with Crippen molar-refractivity contribution in [1.29, 1.82) is 0 Å². The molecule has 0 saturated heterocycles. The highest BCUT2D eigenvalue weighted by Crippen LogP contribution is 2.21. The van der Waals surface area contributed by atoms with Crippen molar-refractivity contribution in [2.75, 3.05) is 12.4 Å². The van der Waals surface area contributed by atoms with E-state index in [-0.39, 0.29) is 5.91 Å².